The van der Waals surface area contributed by atoms with Gasteiger partial charge in [0.1, 0.15) is 0 Å². The first kappa shape index (κ1) is 15.3. The molecule has 0 radical (unpaired) electrons. The smallest absolute Gasteiger partial charge is 0.0551 e. The molecule has 116 valence electrons. The standard InChI is InChI=1S/C20H26N2/c1-22(2)14-15-7-9-17(10-8-15)20(21)19-12-11-16-5-3-4-6-18(16)13-19/h7-13,20H,3-6,14,21H2,1-2H3. The van der Waals surface area contributed by atoms with Crippen molar-refractivity contribution in [3.8, 4) is 0 Å². The Hall–Kier alpha value is -1.64. The van der Waals surface area contributed by atoms with E-state index in [0.717, 1.165) is 6.54 Å². The summed E-state index contributed by atoms with van der Waals surface area (Å²) in [5.41, 5.74) is 13.3. The Morgan fingerprint density at radius 3 is 2.23 bits per heavy atom. The lowest BCUT2D eigenvalue weighted by Gasteiger charge is -2.20. The molecule has 1 unspecified atom stereocenters. The molecule has 2 nitrogen and oxygen atoms in total. The fourth-order valence-electron chi connectivity index (χ4n) is 3.33. The van der Waals surface area contributed by atoms with E-state index in [4.69, 9.17) is 5.73 Å². The summed E-state index contributed by atoms with van der Waals surface area (Å²) in [4.78, 5) is 2.18. The van der Waals surface area contributed by atoms with Gasteiger partial charge in [-0.15, -0.1) is 0 Å². The summed E-state index contributed by atoms with van der Waals surface area (Å²) < 4.78 is 0. The van der Waals surface area contributed by atoms with Crippen LogP contribution in [-0.4, -0.2) is 19.0 Å². The van der Waals surface area contributed by atoms with Crippen LogP contribution in [0.5, 0.6) is 0 Å². The second kappa shape index (κ2) is 6.64. The van der Waals surface area contributed by atoms with Gasteiger partial charge in [0.05, 0.1) is 6.04 Å². The average Bonchev–Trinajstić information content (AvgIpc) is 2.54. The van der Waals surface area contributed by atoms with Crippen molar-refractivity contribution in [3.05, 3.63) is 70.3 Å². The minimum atomic E-state index is -0.0272. The van der Waals surface area contributed by atoms with E-state index in [1.54, 1.807) is 0 Å². The van der Waals surface area contributed by atoms with Gasteiger partial charge in [-0.05, 0) is 67.6 Å². The lowest BCUT2D eigenvalue weighted by atomic mass is 9.88. The zero-order valence-corrected chi connectivity index (χ0v) is 13.7. The maximum atomic E-state index is 6.49. The van der Waals surface area contributed by atoms with Crippen LogP contribution >= 0.6 is 0 Å². The molecule has 2 aromatic rings. The van der Waals surface area contributed by atoms with Gasteiger partial charge in [-0.1, -0.05) is 42.5 Å². The lowest BCUT2D eigenvalue weighted by molar-refractivity contribution is 0.402. The molecule has 0 saturated carbocycles. The minimum absolute atomic E-state index is 0.0272. The normalized spacial score (nSPS) is 15.6. The van der Waals surface area contributed by atoms with Crippen LogP contribution in [0.2, 0.25) is 0 Å². The molecule has 0 bridgehead atoms. The summed E-state index contributed by atoms with van der Waals surface area (Å²) in [6, 6.07) is 15.5. The minimum Gasteiger partial charge on any atom is -0.320 e. The highest BCUT2D eigenvalue weighted by Crippen LogP contribution is 2.27. The Morgan fingerprint density at radius 1 is 0.909 bits per heavy atom. The predicted molar refractivity (Wildman–Crippen MR) is 92.9 cm³/mol. The zero-order chi connectivity index (χ0) is 15.5. The molecule has 2 N–H and O–H groups in total. The first-order chi connectivity index (χ1) is 10.6. The second-order valence-electron chi connectivity index (χ2n) is 6.69. The van der Waals surface area contributed by atoms with Crippen LogP contribution in [-0.2, 0) is 19.4 Å². The summed E-state index contributed by atoms with van der Waals surface area (Å²) in [6.45, 7) is 0.967. The number of nitrogens with two attached hydrogens (primary N) is 1. The summed E-state index contributed by atoms with van der Waals surface area (Å²) in [6.07, 6.45) is 5.07. The molecular formula is C20H26N2. The van der Waals surface area contributed by atoms with Gasteiger partial charge >= 0.3 is 0 Å². The van der Waals surface area contributed by atoms with Gasteiger partial charge in [0.2, 0.25) is 0 Å². The van der Waals surface area contributed by atoms with Crippen molar-refractivity contribution in [3.63, 3.8) is 0 Å². The highest BCUT2D eigenvalue weighted by molar-refractivity contribution is 5.39. The van der Waals surface area contributed by atoms with E-state index >= 15 is 0 Å². The van der Waals surface area contributed by atoms with Crippen LogP contribution in [0.25, 0.3) is 0 Å². The number of benzene rings is 2. The Bertz CT molecular complexity index is 629. The van der Waals surface area contributed by atoms with Crippen molar-refractivity contribution in [2.45, 2.75) is 38.3 Å². The number of nitrogens with zero attached hydrogens (tertiary/aromatic N) is 1. The van der Waals surface area contributed by atoms with Crippen molar-refractivity contribution in [2.24, 2.45) is 5.73 Å². The van der Waals surface area contributed by atoms with E-state index < -0.39 is 0 Å². The molecule has 0 saturated heterocycles. The third-order valence-corrected chi connectivity index (χ3v) is 4.57. The molecule has 0 aliphatic heterocycles. The lowest BCUT2D eigenvalue weighted by Crippen LogP contribution is -2.14. The van der Waals surface area contributed by atoms with Gasteiger partial charge in [0.15, 0.2) is 0 Å². The summed E-state index contributed by atoms with van der Waals surface area (Å²) >= 11 is 0. The van der Waals surface area contributed by atoms with Crippen LogP contribution in [0.3, 0.4) is 0 Å². The van der Waals surface area contributed by atoms with Crippen LogP contribution in [0, 0.1) is 0 Å². The molecule has 2 aromatic carbocycles. The van der Waals surface area contributed by atoms with E-state index in [2.05, 4.69) is 61.5 Å². The Balaban J connectivity index is 1.79. The zero-order valence-electron chi connectivity index (χ0n) is 13.7. The Labute approximate surface area is 134 Å². The van der Waals surface area contributed by atoms with Crippen molar-refractivity contribution < 1.29 is 0 Å². The first-order valence-corrected chi connectivity index (χ1v) is 8.24. The summed E-state index contributed by atoms with van der Waals surface area (Å²) in [7, 11) is 4.18. The highest BCUT2D eigenvalue weighted by atomic mass is 15.0. The van der Waals surface area contributed by atoms with Gasteiger partial charge in [0, 0.05) is 6.54 Å². The van der Waals surface area contributed by atoms with Crippen molar-refractivity contribution in [2.75, 3.05) is 14.1 Å². The number of hydrogen-bond donors (Lipinski definition) is 1. The Kier molecular flexibility index (Phi) is 4.60. The van der Waals surface area contributed by atoms with Crippen LogP contribution < -0.4 is 5.73 Å². The quantitative estimate of drug-likeness (QED) is 0.932. The number of fused-ring (bicyclic) bond motifs is 1. The van der Waals surface area contributed by atoms with E-state index in [-0.39, 0.29) is 6.04 Å². The van der Waals surface area contributed by atoms with Gasteiger partial charge in [0.25, 0.3) is 0 Å². The van der Waals surface area contributed by atoms with Gasteiger partial charge in [-0.3, -0.25) is 0 Å². The number of hydrogen-bond acceptors (Lipinski definition) is 2. The molecule has 1 atom stereocenters. The molecule has 1 aliphatic rings. The van der Waals surface area contributed by atoms with Crippen LogP contribution in [0.4, 0.5) is 0 Å². The van der Waals surface area contributed by atoms with Gasteiger partial charge < -0.3 is 10.6 Å². The predicted octanol–water partition coefficient (Wildman–Crippen LogP) is 3.68. The monoisotopic (exact) mass is 294 g/mol. The molecule has 0 heterocycles. The maximum Gasteiger partial charge on any atom is 0.0551 e. The average molecular weight is 294 g/mol. The molecule has 0 fully saturated rings. The molecule has 0 spiro atoms. The fraction of sp³-hybridized carbons (Fsp3) is 0.400. The molecule has 3 rings (SSSR count). The molecule has 22 heavy (non-hydrogen) atoms. The molecular weight excluding hydrogens is 268 g/mol. The largest absolute Gasteiger partial charge is 0.320 e. The number of rotatable bonds is 4. The van der Waals surface area contributed by atoms with E-state index in [1.165, 1.54) is 53.5 Å². The Morgan fingerprint density at radius 2 is 1.55 bits per heavy atom. The molecule has 0 amide bonds. The van der Waals surface area contributed by atoms with Crippen LogP contribution in [0.1, 0.15) is 46.7 Å². The van der Waals surface area contributed by atoms with E-state index in [0.29, 0.717) is 0 Å². The topological polar surface area (TPSA) is 29.3 Å². The van der Waals surface area contributed by atoms with E-state index in [9.17, 15) is 0 Å². The molecule has 1 aliphatic carbocycles. The number of aryl methyl sites for hydroxylation is 2. The van der Waals surface area contributed by atoms with Gasteiger partial charge in [-0.2, -0.15) is 0 Å². The van der Waals surface area contributed by atoms with Crippen LogP contribution in [0.15, 0.2) is 42.5 Å². The van der Waals surface area contributed by atoms with Crippen molar-refractivity contribution in [1.82, 2.24) is 4.90 Å². The van der Waals surface area contributed by atoms with Crippen molar-refractivity contribution in [1.29, 1.82) is 0 Å². The summed E-state index contributed by atoms with van der Waals surface area (Å²) in [5, 5.41) is 0. The van der Waals surface area contributed by atoms with Gasteiger partial charge in [-0.25, -0.2) is 0 Å². The SMILES string of the molecule is CN(C)Cc1ccc(C(N)c2ccc3c(c2)CCCC3)cc1. The van der Waals surface area contributed by atoms with E-state index in [1.807, 2.05) is 0 Å². The third kappa shape index (κ3) is 3.40. The molecule has 2 heteroatoms. The molecule has 0 aromatic heterocycles. The second-order valence-corrected chi connectivity index (χ2v) is 6.69. The maximum absolute atomic E-state index is 6.49. The third-order valence-electron chi connectivity index (χ3n) is 4.57. The highest BCUT2D eigenvalue weighted by Gasteiger charge is 2.14. The summed E-state index contributed by atoms with van der Waals surface area (Å²) in [5.74, 6) is 0. The fourth-order valence-corrected chi connectivity index (χ4v) is 3.33. The first-order valence-electron chi connectivity index (χ1n) is 8.24. The van der Waals surface area contributed by atoms with Crippen molar-refractivity contribution >= 4 is 0 Å².